The molecule has 1 atom stereocenters. The summed E-state index contributed by atoms with van der Waals surface area (Å²) >= 11 is 0. The molecule has 18 heteroatoms. The Morgan fingerprint density at radius 1 is 1.02 bits per heavy atom. The molecule has 1 aromatic carbocycles. The van der Waals surface area contributed by atoms with Crippen molar-refractivity contribution in [2.75, 3.05) is 57.4 Å². The van der Waals surface area contributed by atoms with E-state index in [1.807, 2.05) is 18.7 Å². The Morgan fingerprint density at radius 3 is 2.27 bits per heavy atom. The molecule has 1 amide bonds. The minimum atomic E-state index is -3.67. The van der Waals surface area contributed by atoms with E-state index in [2.05, 4.69) is 15.3 Å². The van der Waals surface area contributed by atoms with Gasteiger partial charge in [-0.3, -0.25) is 19.1 Å². The molecule has 0 bridgehead atoms. The Hall–Kier alpha value is -5.23. The Labute approximate surface area is 294 Å². The maximum absolute atomic E-state index is 15.2. The summed E-state index contributed by atoms with van der Waals surface area (Å²) in [5.74, 6) is -4.05. The quantitative estimate of drug-likeness (QED) is 0.171. The third-order valence-electron chi connectivity index (χ3n) is 8.32. The second-order valence-electron chi connectivity index (χ2n) is 11.5. The van der Waals surface area contributed by atoms with Gasteiger partial charge >= 0.3 is 18.3 Å². The Kier molecular flexibility index (Phi) is 13.9. The highest BCUT2D eigenvalue weighted by Gasteiger charge is 2.28. The van der Waals surface area contributed by atoms with Crippen LogP contribution in [0.25, 0.3) is 16.7 Å². The zero-order valence-corrected chi connectivity index (χ0v) is 28.7. The third kappa shape index (κ3) is 9.75. The number of nitrogens with zero attached hydrogens (tertiary/aromatic N) is 6. The number of anilines is 1. The number of halogens is 5. The lowest BCUT2D eigenvalue weighted by Crippen LogP contribution is -2.44. The van der Waals surface area contributed by atoms with E-state index < -0.39 is 53.0 Å². The average Bonchev–Trinajstić information content (AvgIpc) is 3.12. The standard InChI is InChI=1S/C33H37F2N7O6.CHF3/c1-4-40(5-2)10-15-48-32(45)26(38-30(43)29-24(34)17-22(18-25(29)35)41-11-13-47-14-12-41)16-21-6-7-28(37-19-21)42-31(44)23-8-9-36-20-27(23)39(3)33(42)46;2-1(3)4/h6-9,17-20,26H,4-5,10-16H2,1-3H3,(H,38,43);1H. The van der Waals surface area contributed by atoms with Crippen LogP contribution in [0.15, 0.2) is 58.5 Å². The largest absolute Gasteiger partial charge is 0.463 e. The predicted octanol–water partition coefficient (Wildman–Crippen LogP) is 3.00. The van der Waals surface area contributed by atoms with Gasteiger partial charge in [-0.15, -0.1) is 0 Å². The molecular weight excluding hydrogens is 697 g/mol. The average molecular weight is 736 g/mol. The molecular formula is C34H38F5N7O6. The first kappa shape index (κ1) is 39.6. The summed E-state index contributed by atoms with van der Waals surface area (Å²) in [4.78, 5) is 64.8. The number of alkyl halides is 3. The minimum Gasteiger partial charge on any atom is -0.463 e. The van der Waals surface area contributed by atoms with Gasteiger partial charge in [0.1, 0.15) is 35.7 Å². The van der Waals surface area contributed by atoms with Gasteiger partial charge in [0, 0.05) is 51.2 Å². The molecule has 1 saturated heterocycles. The van der Waals surface area contributed by atoms with Crippen LogP contribution >= 0.6 is 0 Å². The summed E-state index contributed by atoms with van der Waals surface area (Å²) in [7, 11) is 1.51. The van der Waals surface area contributed by atoms with Crippen LogP contribution in [0.2, 0.25) is 0 Å². The van der Waals surface area contributed by atoms with Crippen molar-refractivity contribution in [3.63, 3.8) is 0 Å². The monoisotopic (exact) mass is 735 g/mol. The van der Waals surface area contributed by atoms with E-state index in [1.54, 1.807) is 4.90 Å². The molecule has 3 aromatic heterocycles. The van der Waals surface area contributed by atoms with Crippen molar-refractivity contribution < 1.29 is 41.0 Å². The number of likely N-dealkylation sites (N-methyl/N-ethyl adjacent to an activating group) is 1. The number of hydrogen-bond donors (Lipinski definition) is 1. The van der Waals surface area contributed by atoms with Crippen molar-refractivity contribution in [2.24, 2.45) is 7.05 Å². The summed E-state index contributed by atoms with van der Waals surface area (Å²) in [5.41, 5.74) is -0.985. The zero-order chi connectivity index (χ0) is 37.9. The van der Waals surface area contributed by atoms with E-state index in [-0.39, 0.29) is 29.9 Å². The minimum absolute atomic E-state index is 0.0325. The normalized spacial score (nSPS) is 13.5. The number of hydrogen-bond acceptors (Lipinski definition) is 10. The molecule has 5 rings (SSSR count). The third-order valence-corrected chi connectivity index (χ3v) is 8.32. The number of morpholine rings is 1. The van der Waals surface area contributed by atoms with Crippen LogP contribution in [0.1, 0.15) is 29.8 Å². The van der Waals surface area contributed by atoms with Crippen LogP contribution in [-0.4, -0.2) is 101 Å². The van der Waals surface area contributed by atoms with Crippen LogP contribution in [-0.2, 0) is 27.7 Å². The fourth-order valence-corrected chi connectivity index (χ4v) is 5.52. The number of carbonyl (C=O) groups excluding carboxylic acids is 2. The topological polar surface area (TPSA) is 141 Å². The first-order chi connectivity index (χ1) is 24.9. The highest BCUT2D eigenvalue weighted by Crippen LogP contribution is 2.23. The number of nitrogens with one attached hydrogen (secondary N) is 1. The second kappa shape index (κ2) is 18.3. The van der Waals surface area contributed by atoms with Crippen LogP contribution in [0.4, 0.5) is 27.6 Å². The molecule has 52 heavy (non-hydrogen) atoms. The fourth-order valence-electron chi connectivity index (χ4n) is 5.52. The van der Waals surface area contributed by atoms with Crippen LogP contribution in [0, 0.1) is 11.6 Å². The molecule has 0 saturated carbocycles. The number of aryl methyl sites for hydroxylation is 1. The summed E-state index contributed by atoms with van der Waals surface area (Å²) in [6.07, 6.45) is 4.05. The number of fused-ring (bicyclic) bond motifs is 1. The SMILES string of the molecule is CCN(CC)CCOC(=O)C(Cc1ccc(-n2c(=O)c3ccncc3n(C)c2=O)nc1)NC(=O)c1c(F)cc(N2CCOCC2)cc1F.FC(F)F. The van der Waals surface area contributed by atoms with Crippen molar-refractivity contribution >= 4 is 28.5 Å². The van der Waals surface area contributed by atoms with E-state index in [0.29, 0.717) is 43.9 Å². The van der Waals surface area contributed by atoms with Crippen LogP contribution in [0.3, 0.4) is 0 Å². The molecule has 0 radical (unpaired) electrons. The number of esters is 1. The molecule has 1 aliphatic heterocycles. The van der Waals surface area contributed by atoms with E-state index >= 15 is 8.78 Å². The van der Waals surface area contributed by atoms with E-state index in [9.17, 15) is 32.3 Å². The summed E-state index contributed by atoms with van der Waals surface area (Å²) in [5, 5.41) is 2.71. The lowest BCUT2D eigenvalue weighted by molar-refractivity contribution is -0.146. The molecule has 4 aromatic rings. The highest BCUT2D eigenvalue weighted by molar-refractivity contribution is 5.97. The molecule has 1 fully saturated rings. The van der Waals surface area contributed by atoms with Crippen molar-refractivity contribution in [1.82, 2.24) is 29.3 Å². The van der Waals surface area contributed by atoms with Gasteiger partial charge in [0.05, 0.1) is 30.3 Å². The lowest BCUT2D eigenvalue weighted by Gasteiger charge is -2.29. The number of ether oxygens (including phenoxy) is 2. The van der Waals surface area contributed by atoms with Gasteiger partial charge in [0.2, 0.25) is 0 Å². The Balaban J connectivity index is 0.00000144. The highest BCUT2D eigenvalue weighted by atomic mass is 19.4. The molecule has 1 N–H and O–H groups in total. The number of carbonyl (C=O) groups is 2. The van der Waals surface area contributed by atoms with Crippen molar-refractivity contribution in [3.8, 4) is 5.82 Å². The van der Waals surface area contributed by atoms with Crippen LogP contribution < -0.4 is 21.5 Å². The van der Waals surface area contributed by atoms with Gasteiger partial charge in [-0.2, -0.15) is 13.2 Å². The van der Waals surface area contributed by atoms with Crippen molar-refractivity contribution in [2.45, 2.75) is 33.0 Å². The number of benzene rings is 1. The summed E-state index contributed by atoms with van der Waals surface area (Å²) in [6, 6.07) is 5.29. The fraction of sp³-hybridized carbons (Fsp3) is 0.412. The number of amides is 1. The molecule has 0 spiro atoms. The molecule has 4 heterocycles. The van der Waals surface area contributed by atoms with Gasteiger partial charge in [-0.25, -0.2) is 27.9 Å². The maximum Gasteiger partial charge on any atom is 0.379 e. The summed E-state index contributed by atoms with van der Waals surface area (Å²) < 4.78 is 72.4. The number of rotatable bonds is 12. The van der Waals surface area contributed by atoms with Gasteiger partial charge in [-0.1, -0.05) is 19.9 Å². The van der Waals surface area contributed by atoms with Crippen molar-refractivity contribution in [3.05, 3.63) is 92.5 Å². The summed E-state index contributed by atoms with van der Waals surface area (Å²) in [6.45, 7) is 3.95. The number of aromatic nitrogens is 4. The predicted molar refractivity (Wildman–Crippen MR) is 181 cm³/mol. The lowest BCUT2D eigenvalue weighted by atomic mass is 10.1. The molecule has 1 unspecified atom stereocenters. The zero-order valence-electron chi connectivity index (χ0n) is 28.7. The molecule has 1 aliphatic rings. The van der Waals surface area contributed by atoms with Gasteiger partial charge in [-0.05, 0) is 42.9 Å². The smallest absolute Gasteiger partial charge is 0.379 e. The van der Waals surface area contributed by atoms with Gasteiger partial charge in [0.25, 0.3) is 11.5 Å². The molecule has 0 aliphatic carbocycles. The molecule has 280 valence electrons. The Bertz CT molecular complexity index is 1940. The van der Waals surface area contributed by atoms with Gasteiger partial charge < -0.3 is 24.6 Å². The molecule has 13 nitrogen and oxygen atoms in total. The Morgan fingerprint density at radius 2 is 1.67 bits per heavy atom. The van der Waals surface area contributed by atoms with E-state index in [4.69, 9.17) is 9.47 Å². The van der Waals surface area contributed by atoms with Crippen LogP contribution in [0.5, 0.6) is 0 Å². The first-order valence-corrected chi connectivity index (χ1v) is 16.3. The maximum atomic E-state index is 15.2. The second-order valence-corrected chi connectivity index (χ2v) is 11.5. The van der Waals surface area contributed by atoms with E-state index in [1.165, 1.54) is 48.4 Å². The van der Waals surface area contributed by atoms with Gasteiger partial charge in [0.15, 0.2) is 0 Å². The first-order valence-electron chi connectivity index (χ1n) is 16.3. The number of pyridine rings is 2. The van der Waals surface area contributed by atoms with Crippen molar-refractivity contribution in [1.29, 1.82) is 0 Å². The van der Waals surface area contributed by atoms with E-state index in [0.717, 1.165) is 29.8 Å².